The van der Waals surface area contributed by atoms with Crippen molar-refractivity contribution in [3.05, 3.63) is 17.0 Å². The molecular formula is C14H21N3O2S2. The van der Waals surface area contributed by atoms with Crippen molar-refractivity contribution in [1.82, 2.24) is 4.90 Å². The predicted molar refractivity (Wildman–Crippen MR) is 89.0 cm³/mol. The van der Waals surface area contributed by atoms with Gasteiger partial charge in [0.05, 0.1) is 12.1 Å². The van der Waals surface area contributed by atoms with Gasteiger partial charge in [0, 0.05) is 11.3 Å². The summed E-state index contributed by atoms with van der Waals surface area (Å²) in [5.74, 6) is -0.617. The van der Waals surface area contributed by atoms with Gasteiger partial charge in [0.1, 0.15) is 5.00 Å². The predicted octanol–water partition coefficient (Wildman–Crippen LogP) is 2.00. The van der Waals surface area contributed by atoms with E-state index in [0.29, 0.717) is 28.4 Å². The molecule has 1 aromatic heterocycles. The molecule has 21 heavy (non-hydrogen) atoms. The summed E-state index contributed by atoms with van der Waals surface area (Å²) >= 11 is 3.22. The molecule has 2 rings (SSSR count). The van der Waals surface area contributed by atoms with Crippen LogP contribution in [0.4, 0.5) is 5.00 Å². The second-order valence-corrected chi connectivity index (χ2v) is 7.37. The van der Waals surface area contributed by atoms with Crippen LogP contribution in [0.15, 0.2) is 11.4 Å². The Balaban J connectivity index is 1.87. The molecule has 1 heterocycles. The van der Waals surface area contributed by atoms with Crippen molar-refractivity contribution in [3.8, 4) is 0 Å². The number of amides is 2. The van der Waals surface area contributed by atoms with Crippen LogP contribution in [0.2, 0.25) is 0 Å². The van der Waals surface area contributed by atoms with Crippen LogP contribution in [0.25, 0.3) is 0 Å². The van der Waals surface area contributed by atoms with E-state index >= 15 is 0 Å². The first-order valence-corrected chi connectivity index (χ1v) is 9.08. The molecule has 116 valence electrons. The molecular weight excluding hydrogens is 306 g/mol. The maximum atomic E-state index is 12.1. The van der Waals surface area contributed by atoms with Crippen molar-refractivity contribution in [2.75, 3.05) is 25.2 Å². The Morgan fingerprint density at radius 1 is 1.52 bits per heavy atom. The second-order valence-electron chi connectivity index (χ2n) is 5.32. The van der Waals surface area contributed by atoms with Crippen LogP contribution in [-0.4, -0.2) is 47.9 Å². The number of carbonyl (C=O) groups excluding carboxylic acids is 2. The molecule has 2 atom stereocenters. The summed E-state index contributed by atoms with van der Waals surface area (Å²) in [5.41, 5.74) is 5.64. The van der Waals surface area contributed by atoms with Crippen LogP contribution in [0.5, 0.6) is 0 Å². The number of thiophene rings is 1. The number of hydrogen-bond acceptors (Lipinski definition) is 5. The van der Waals surface area contributed by atoms with E-state index in [2.05, 4.69) is 16.5 Å². The van der Waals surface area contributed by atoms with Gasteiger partial charge in [-0.1, -0.05) is 0 Å². The van der Waals surface area contributed by atoms with E-state index in [4.69, 9.17) is 5.73 Å². The van der Waals surface area contributed by atoms with Gasteiger partial charge < -0.3 is 11.1 Å². The van der Waals surface area contributed by atoms with Crippen molar-refractivity contribution in [3.63, 3.8) is 0 Å². The van der Waals surface area contributed by atoms with Gasteiger partial charge in [0.2, 0.25) is 5.91 Å². The molecule has 0 aliphatic heterocycles. The number of hydrogen-bond donors (Lipinski definition) is 2. The van der Waals surface area contributed by atoms with Crippen LogP contribution < -0.4 is 11.1 Å². The molecule has 0 unspecified atom stereocenters. The van der Waals surface area contributed by atoms with E-state index in [1.54, 1.807) is 11.4 Å². The number of anilines is 1. The van der Waals surface area contributed by atoms with Gasteiger partial charge in [-0.05, 0) is 44.0 Å². The summed E-state index contributed by atoms with van der Waals surface area (Å²) in [6.45, 7) is 0.335. The molecule has 0 bridgehead atoms. The molecule has 0 saturated heterocycles. The monoisotopic (exact) mass is 327 g/mol. The van der Waals surface area contributed by atoms with Gasteiger partial charge in [-0.2, -0.15) is 11.8 Å². The maximum absolute atomic E-state index is 12.1. The van der Waals surface area contributed by atoms with Gasteiger partial charge in [-0.25, -0.2) is 0 Å². The minimum absolute atomic E-state index is 0.102. The zero-order valence-corrected chi connectivity index (χ0v) is 13.9. The molecule has 1 saturated carbocycles. The number of nitrogens with two attached hydrogens (primary N) is 1. The Morgan fingerprint density at radius 3 is 2.90 bits per heavy atom. The highest BCUT2D eigenvalue weighted by molar-refractivity contribution is 7.99. The minimum Gasteiger partial charge on any atom is -0.366 e. The van der Waals surface area contributed by atoms with Crippen molar-refractivity contribution in [1.29, 1.82) is 0 Å². The molecule has 5 nitrogen and oxygen atoms in total. The third-order valence-electron chi connectivity index (χ3n) is 3.89. The third kappa shape index (κ3) is 4.21. The Morgan fingerprint density at radius 2 is 2.29 bits per heavy atom. The first-order chi connectivity index (χ1) is 10.0. The summed E-state index contributed by atoms with van der Waals surface area (Å²) in [5, 5.41) is 5.78. The SMILES string of the molecule is CS[C@@H]1CC[C@@H](N(C)CC(=O)Nc2sccc2C(N)=O)C1. The molecule has 0 aromatic carbocycles. The molecule has 1 aliphatic carbocycles. The Bertz CT molecular complexity index is 518. The Hall–Kier alpha value is -1.05. The summed E-state index contributed by atoms with van der Waals surface area (Å²) in [6, 6.07) is 2.10. The van der Waals surface area contributed by atoms with Crippen molar-refractivity contribution in [2.45, 2.75) is 30.6 Å². The van der Waals surface area contributed by atoms with Gasteiger partial charge in [0.15, 0.2) is 0 Å². The number of rotatable bonds is 6. The fourth-order valence-corrected chi connectivity index (χ4v) is 4.25. The summed E-state index contributed by atoms with van der Waals surface area (Å²) in [4.78, 5) is 25.4. The summed E-state index contributed by atoms with van der Waals surface area (Å²) < 4.78 is 0. The van der Waals surface area contributed by atoms with Crippen LogP contribution in [0.3, 0.4) is 0 Å². The fraction of sp³-hybridized carbons (Fsp3) is 0.571. The molecule has 0 spiro atoms. The zero-order valence-electron chi connectivity index (χ0n) is 12.3. The van der Waals surface area contributed by atoms with E-state index in [1.165, 1.54) is 17.8 Å². The lowest BCUT2D eigenvalue weighted by Gasteiger charge is -2.23. The topological polar surface area (TPSA) is 75.4 Å². The first kappa shape index (κ1) is 16.3. The minimum atomic E-state index is -0.515. The summed E-state index contributed by atoms with van der Waals surface area (Å²) in [7, 11) is 1.98. The molecule has 7 heteroatoms. The average Bonchev–Trinajstić information content (AvgIpc) is 3.06. The van der Waals surface area contributed by atoms with Gasteiger partial charge in [-0.15, -0.1) is 11.3 Å². The molecule has 0 radical (unpaired) electrons. The first-order valence-electron chi connectivity index (χ1n) is 6.91. The molecule has 2 amide bonds. The van der Waals surface area contributed by atoms with Crippen LogP contribution >= 0.6 is 23.1 Å². The lowest BCUT2D eigenvalue weighted by atomic mass is 10.2. The normalized spacial score (nSPS) is 21.7. The standard InChI is InChI=1S/C14H21N3O2S2/c1-17(9-3-4-10(7-9)20-2)8-12(18)16-14-11(13(15)19)5-6-21-14/h5-6,9-10H,3-4,7-8H2,1-2H3,(H2,15,19)(H,16,18)/t9-,10-/m1/s1. The average molecular weight is 327 g/mol. The largest absolute Gasteiger partial charge is 0.366 e. The number of carbonyl (C=O) groups is 2. The lowest BCUT2D eigenvalue weighted by molar-refractivity contribution is -0.117. The van der Waals surface area contributed by atoms with Crippen molar-refractivity contribution < 1.29 is 9.59 Å². The highest BCUT2D eigenvalue weighted by Gasteiger charge is 2.27. The van der Waals surface area contributed by atoms with Gasteiger partial charge in [-0.3, -0.25) is 14.5 Å². The fourth-order valence-electron chi connectivity index (χ4n) is 2.65. The second kappa shape index (κ2) is 7.29. The lowest BCUT2D eigenvalue weighted by Crippen LogP contribution is -2.37. The Kier molecular flexibility index (Phi) is 5.66. The van der Waals surface area contributed by atoms with E-state index in [9.17, 15) is 9.59 Å². The maximum Gasteiger partial charge on any atom is 0.251 e. The highest BCUT2D eigenvalue weighted by Crippen LogP contribution is 2.30. The van der Waals surface area contributed by atoms with E-state index in [-0.39, 0.29) is 5.91 Å². The number of likely N-dealkylation sites (N-methyl/N-ethyl adjacent to an activating group) is 1. The molecule has 3 N–H and O–H groups in total. The molecule has 1 aliphatic rings. The Labute approximate surface area is 133 Å². The summed E-state index contributed by atoms with van der Waals surface area (Å²) in [6.07, 6.45) is 5.63. The van der Waals surface area contributed by atoms with Crippen LogP contribution in [0, 0.1) is 0 Å². The van der Waals surface area contributed by atoms with Crippen molar-refractivity contribution in [2.24, 2.45) is 5.73 Å². The zero-order chi connectivity index (χ0) is 15.4. The van der Waals surface area contributed by atoms with Crippen LogP contribution in [-0.2, 0) is 4.79 Å². The number of nitrogens with one attached hydrogen (secondary N) is 1. The number of nitrogens with zero attached hydrogens (tertiary/aromatic N) is 1. The van der Waals surface area contributed by atoms with E-state index < -0.39 is 5.91 Å². The molecule has 1 aromatic rings. The van der Waals surface area contributed by atoms with E-state index in [1.807, 2.05) is 18.8 Å². The number of thioether (sulfide) groups is 1. The van der Waals surface area contributed by atoms with Crippen molar-refractivity contribution >= 4 is 39.9 Å². The van der Waals surface area contributed by atoms with Gasteiger partial charge >= 0.3 is 0 Å². The van der Waals surface area contributed by atoms with E-state index in [0.717, 1.165) is 12.8 Å². The van der Waals surface area contributed by atoms with Crippen LogP contribution in [0.1, 0.15) is 29.6 Å². The van der Waals surface area contributed by atoms with Gasteiger partial charge in [0.25, 0.3) is 5.91 Å². The third-order valence-corrected chi connectivity index (χ3v) is 5.81. The highest BCUT2D eigenvalue weighted by atomic mass is 32.2. The molecule has 1 fully saturated rings. The number of primary amides is 1. The quantitative estimate of drug-likeness (QED) is 0.838. The smallest absolute Gasteiger partial charge is 0.251 e.